The molecule has 1 aliphatic rings. The van der Waals surface area contributed by atoms with E-state index >= 15 is 0 Å². The Hall–Kier alpha value is -1.56. The molecule has 118 valence electrons. The number of aliphatic hydroxyl groups is 1. The van der Waals surface area contributed by atoms with Gasteiger partial charge >= 0.3 is 0 Å². The zero-order chi connectivity index (χ0) is 15.2. The molecule has 0 aromatic carbocycles. The first-order valence-electron chi connectivity index (χ1n) is 7.75. The fourth-order valence-corrected chi connectivity index (χ4v) is 2.84. The van der Waals surface area contributed by atoms with E-state index in [2.05, 4.69) is 29.6 Å². The second kappa shape index (κ2) is 7.45. The summed E-state index contributed by atoms with van der Waals surface area (Å²) in [5.41, 5.74) is 0.969. The first-order chi connectivity index (χ1) is 10.1. The van der Waals surface area contributed by atoms with Crippen molar-refractivity contribution in [3.05, 3.63) is 12.4 Å². The molecule has 1 aromatic rings. The molecule has 21 heavy (non-hydrogen) atoms. The van der Waals surface area contributed by atoms with Gasteiger partial charge in [-0.3, -0.25) is 9.48 Å². The smallest absolute Gasteiger partial charge is 0.241 e. The van der Waals surface area contributed by atoms with Crippen LogP contribution in [0.15, 0.2) is 12.4 Å². The second-order valence-corrected chi connectivity index (χ2v) is 6.11. The predicted molar refractivity (Wildman–Crippen MR) is 81.9 cm³/mol. The van der Waals surface area contributed by atoms with Crippen LogP contribution in [0.25, 0.3) is 0 Å². The Balaban J connectivity index is 1.81. The van der Waals surface area contributed by atoms with Gasteiger partial charge in [-0.2, -0.15) is 5.10 Å². The van der Waals surface area contributed by atoms with Crippen LogP contribution in [0.4, 0.5) is 5.69 Å². The number of amides is 1. The maximum atomic E-state index is 11.5. The van der Waals surface area contributed by atoms with Gasteiger partial charge in [0.15, 0.2) is 0 Å². The van der Waals surface area contributed by atoms with E-state index in [0.717, 1.165) is 17.5 Å². The molecule has 1 fully saturated rings. The van der Waals surface area contributed by atoms with Crippen molar-refractivity contribution in [2.24, 2.45) is 11.8 Å². The molecule has 0 saturated heterocycles. The molecule has 6 heteroatoms. The van der Waals surface area contributed by atoms with Crippen LogP contribution in [0, 0.1) is 11.8 Å². The van der Waals surface area contributed by atoms with Crippen LogP contribution in [-0.2, 0) is 11.3 Å². The van der Waals surface area contributed by atoms with Crippen LogP contribution in [-0.4, -0.2) is 40.0 Å². The zero-order valence-corrected chi connectivity index (χ0v) is 12.9. The third kappa shape index (κ3) is 4.74. The van der Waals surface area contributed by atoms with Gasteiger partial charge in [0.25, 0.3) is 0 Å². The first-order valence-corrected chi connectivity index (χ1v) is 7.75. The van der Waals surface area contributed by atoms with Crippen molar-refractivity contribution in [3.8, 4) is 0 Å². The molecular formula is C15H26N4O2. The largest absolute Gasteiger partial charge is 0.395 e. The lowest BCUT2D eigenvalue weighted by molar-refractivity contribution is -0.122. The molecular weight excluding hydrogens is 268 g/mol. The van der Waals surface area contributed by atoms with Crippen LogP contribution < -0.4 is 10.6 Å². The number of aliphatic hydroxyl groups excluding tert-OH is 1. The third-order valence-electron chi connectivity index (χ3n) is 4.34. The van der Waals surface area contributed by atoms with Gasteiger partial charge in [0, 0.05) is 18.8 Å². The molecule has 6 nitrogen and oxygen atoms in total. The highest BCUT2D eigenvalue weighted by Gasteiger charge is 2.24. The molecule has 0 unspecified atom stereocenters. The van der Waals surface area contributed by atoms with Crippen molar-refractivity contribution >= 4 is 11.6 Å². The van der Waals surface area contributed by atoms with Gasteiger partial charge in [-0.25, -0.2) is 0 Å². The van der Waals surface area contributed by atoms with E-state index in [4.69, 9.17) is 5.11 Å². The van der Waals surface area contributed by atoms with Gasteiger partial charge < -0.3 is 15.7 Å². The summed E-state index contributed by atoms with van der Waals surface area (Å²) in [7, 11) is 0. The first kappa shape index (κ1) is 15.8. The van der Waals surface area contributed by atoms with Crippen LogP contribution in [0.3, 0.4) is 0 Å². The number of nitrogens with zero attached hydrogens (tertiary/aromatic N) is 2. The van der Waals surface area contributed by atoms with E-state index in [1.54, 1.807) is 10.9 Å². The third-order valence-corrected chi connectivity index (χ3v) is 4.34. The van der Waals surface area contributed by atoms with Crippen molar-refractivity contribution in [2.75, 3.05) is 18.5 Å². The predicted octanol–water partition coefficient (Wildman–Crippen LogP) is 1.23. The van der Waals surface area contributed by atoms with E-state index < -0.39 is 0 Å². The number of anilines is 1. The van der Waals surface area contributed by atoms with Crippen molar-refractivity contribution in [3.63, 3.8) is 0 Å². The topological polar surface area (TPSA) is 79.2 Å². The second-order valence-electron chi connectivity index (χ2n) is 6.11. The summed E-state index contributed by atoms with van der Waals surface area (Å²) in [4.78, 5) is 11.5. The number of hydrogen-bond donors (Lipinski definition) is 3. The molecule has 1 aliphatic carbocycles. The van der Waals surface area contributed by atoms with Crippen LogP contribution in [0.2, 0.25) is 0 Å². The molecule has 1 aromatic heterocycles. The summed E-state index contributed by atoms with van der Waals surface area (Å²) in [6.45, 7) is 5.05. The summed E-state index contributed by atoms with van der Waals surface area (Å²) < 4.78 is 1.62. The van der Waals surface area contributed by atoms with Crippen LogP contribution in [0.5, 0.6) is 0 Å². The Morgan fingerprint density at radius 2 is 2.24 bits per heavy atom. The summed E-state index contributed by atoms with van der Waals surface area (Å²) in [5, 5.41) is 19.0. The van der Waals surface area contributed by atoms with Crippen LogP contribution >= 0.6 is 0 Å². The lowest BCUT2D eigenvalue weighted by atomic mass is 9.79. The number of nitrogens with one attached hydrogen (secondary N) is 2. The molecule has 1 heterocycles. The monoisotopic (exact) mass is 294 g/mol. The summed E-state index contributed by atoms with van der Waals surface area (Å²) >= 11 is 0. The molecule has 2 rings (SSSR count). The van der Waals surface area contributed by atoms with Gasteiger partial charge in [0.05, 0.1) is 18.5 Å². The van der Waals surface area contributed by atoms with Gasteiger partial charge in [0.2, 0.25) is 5.91 Å². The van der Waals surface area contributed by atoms with Crippen molar-refractivity contribution in [1.82, 2.24) is 15.1 Å². The lowest BCUT2D eigenvalue weighted by Crippen LogP contribution is -2.30. The Morgan fingerprint density at radius 3 is 2.95 bits per heavy atom. The average Bonchev–Trinajstić information content (AvgIpc) is 2.88. The van der Waals surface area contributed by atoms with Gasteiger partial charge in [-0.05, 0) is 31.1 Å². The summed E-state index contributed by atoms with van der Waals surface area (Å²) in [6, 6.07) is 0.497. The van der Waals surface area contributed by atoms with E-state index in [1.807, 2.05) is 6.20 Å². The van der Waals surface area contributed by atoms with E-state index in [1.165, 1.54) is 19.3 Å². The minimum atomic E-state index is -0.140. The Morgan fingerprint density at radius 1 is 1.43 bits per heavy atom. The minimum absolute atomic E-state index is 0.0457. The van der Waals surface area contributed by atoms with Crippen molar-refractivity contribution < 1.29 is 9.90 Å². The lowest BCUT2D eigenvalue weighted by Gasteiger charge is -2.32. The van der Waals surface area contributed by atoms with Crippen LogP contribution in [0.1, 0.15) is 33.1 Å². The van der Waals surface area contributed by atoms with Crippen molar-refractivity contribution in [2.45, 2.75) is 45.7 Å². The van der Waals surface area contributed by atoms with Gasteiger partial charge in [0.1, 0.15) is 6.54 Å². The molecule has 1 saturated carbocycles. The standard InChI is InChI=1S/C15H26N4O2/c1-11-3-4-13(7-12(11)2)18-14-8-17-19(9-14)10-15(21)16-5-6-20/h8-9,11-13,18,20H,3-7,10H2,1-2H3,(H,16,21)/t11-,12-,13+/m1/s1. The highest BCUT2D eigenvalue weighted by atomic mass is 16.3. The van der Waals surface area contributed by atoms with E-state index in [0.29, 0.717) is 6.04 Å². The van der Waals surface area contributed by atoms with Crippen molar-refractivity contribution in [1.29, 1.82) is 0 Å². The highest BCUT2D eigenvalue weighted by molar-refractivity contribution is 5.75. The Kier molecular flexibility index (Phi) is 5.61. The fourth-order valence-electron chi connectivity index (χ4n) is 2.84. The quantitative estimate of drug-likeness (QED) is 0.737. The SMILES string of the molecule is C[C@@H]1CC[C@H](Nc2cnn(CC(=O)NCCO)c2)C[C@H]1C. The number of carbonyl (C=O) groups is 1. The Labute approximate surface area is 125 Å². The maximum absolute atomic E-state index is 11.5. The number of aromatic nitrogens is 2. The number of hydrogen-bond acceptors (Lipinski definition) is 4. The molecule has 3 N–H and O–H groups in total. The maximum Gasteiger partial charge on any atom is 0.241 e. The van der Waals surface area contributed by atoms with E-state index in [9.17, 15) is 4.79 Å². The average molecular weight is 294 g/mol. The minimum Gasteiger partial charge on any atom is -0.395 e. The normalized spacial score (nSPS) is 25.6. The zero-order valence-electron chi connectivity index (χ0n) is 12.9. The van der Waals surface area contributed by atoms with E-state index in [-0.39, 0.29) is 25.6 Å². The number of carbonyl (C=O) groups excluding carboxylic acids is 1. The highest BCUT2D eigenvalue weighted by Crippen LogP contribution is 2.30. The molecule has 0 aliphatic heterocycles. The molecule has 3 atom stereocenters. The Bertz CT molecular complexity index is 460. The molecule has 0 radical (unpaired) electrons. The molecule has 0 spiro atoms. The molecule has 1 amide bonds. The summed E-state index contributed by atoms with van der Waals surface area (Å²) in [6.07, 6.45) is 7.26. The van der Waals surface area contributed by atoms with Gasteiger partial charge in [-0.1, -0.05) is 13.8 Å². The number of rotatable bonds is 6. The fraction of sp³-hybridized carbons (Fsp3) is 0.733. The molecule has 0 bridgehead atoms. The van der Waals surface area contributed by atoms with Gasteiger partial charge in [-0.15, -0.1) is 0 Å². The summed E-state index contributed by atoms with van der Waals surface area (Å²) in [5.74, 6) is 1.41.